The van der Waals surface area contributed by atoms with Gasteiger partial charge in [-0.05, 0) is 93.0 Å². The molecule has 316 valence electrons. The van der Waals surface area contributed by atoms with E-state index in [0.29, 0.717) is 0 Å². The fourth-order valence-corrected chi connectivity index (χ4v) is 8.81. The predicted molar refractivity (Wildman–Crippen MR) is 229 cm³/mol. The van der Waals surface area contributed by atoms with Gasteiger partial charge in [0.05, 0.1) is 38.0 Å². The second-order valence-electron chi connectivity index (χ2n) is 16.5. The van der Waals surface area contributed by atoms with Crippen molar-refractivity contribution in [2.75, 3.05) is 14.2 Å². The minimum atomic E-state index is -0.667. The number of hydrogen-bond donors (Lipinski definition) is 4. The molecule has 0 radical (unpaired) electrons. The van der Waals surface area contributed by atoms with Gasteiger partial charge in [-0.2, -0.15) is 0 Å². The lowest BCUT2D eigenvalue weighted by Gasteiger charge is -2.35. The first-order valence-corrected chi connectivity index (χ1v) is 21.1. The first kappa shape index (κ1) is 42.0. The highest BCUT2D eigenvalue weighted by Gasteiger charge is 2.39. The SMILES string of the molecule is COC(=O)NN(C(=O)[C@H]1CCCC[C@H]1c1ncc(-c2ccc(-c3ccc4cc(-c5cnc(C6CCCC[C@H]6C(=O)N(NC(=O)OC)C(C)C)[nH]5)ccc4c3)cc2)[nH]1)C(C)C. The van der Waals surface area contributed by atoms with E-state index in [0.717, 1.165) is 107 Å². The molecule has 14 heteroatoms. The zero-order valence-corrected chi connectivity index (χ0v) is 35.3. The van der Waals surface area contributed by atoms with Gasteiger partial charge in [0, 0.05) is 41.3 Å². The number of fused-ring (bicyclic) bond motifs is 1. The lowest BCUT2D eigenvalue weighted by atomic mass is 9.78. The molecule has 4 N–H and O–H groups in total. The number of amides is 4. The third-order valence-electron chi connectivity index (χ3n) is 12.0. The predicted octanol–water partition coefficient (Wildman–Crippen LogP) is 8.85. The van der Waals surface area contributed by atoms with Crippen LogP contribution in [0, 0.1) is 11.8 Å². The van der Waals surface area contributed by atoms with Gasteiger partial charge in [-0.15, -0.1) is 0 Å². The van der Waals surface area contributed by atoms with Gasteiger partial charge in [0.15, 0.2) is 0 Å². The molecular weight excluding hydrogens is 761 g/mol. The van der Waals surface area contributed by atoms with Crippen LogP contribution < -0.4 is 10.9 Å². The normalized spacial score (nSPS) is 19.2. The van der Waals surface area contributed by atoms with Crippen LogP contribution in [0.5, 0.6) is 0 Å². The minimum Gasteiger partial charge on any atom is -0.452 e. The maximum absolute atomic E-state index is 13.7. The van der Waals surface area contributed by atoms with Crippen molar-refractivity contribution in [1.82, 2.24) is 40.8 Å². The van der Waals surface area contributed by atoms with E-state index in [1.807, 2.05) is 40.1 Å². The summed E-state index contributed by atoms with van der Waals surface area (Å²) < 4.78 is 9.54. The van der Waals surface area contributed by atoms with Crippen LogP contribution in [0.25, 0.3) is 44.4 Å². The number of aromatic amines is 2. The lowest BCUT2D eigenvalue weighted by Crippen LogP contribution is -2.53. The van der Waals surface area contributed by atoms with Crippen molar-refractivity contribution in [3.63, 3.8) is 0 Å². The Morgan fingerprint density at radius 2 is 0.983 bits per heavy atom. The van der Waals surface area contributed by atoms with Crippen molar-refractivity contribution in [3.05, 3.63) is 84.7 Å². The fourth-order valence-electron chi connectivity index (χ4n) is 8.81. The molecule has 0 saturated heterocycles. The lowest BCUT2D eigenvalue weighted by molar-refractivity contribution is -0.143. The van der Waals surface area contributed by atoms with Gasteiger partial charge in [-0.1, -0.05) is 74.2 Å². The molecule has 60 heavy (non-hydrogen) atoms. The molecule has 5 aromatic rings. The van der Waals surface area contributed by atoms with E-state index in [-0.39, 0.29) is 47.6 Å². The van der Waals surface area contributed by atoms with Gasteiger partial charge in [0.2, 0.25) is 11.8 Å². The van der Waals surface area contributed by atoms with Crippen LogP contribution in [0.3, 0.4) is 0 Å². The topological polar surface area (TPSA) is 175 Å². The third-order valence-corrected chi connectivity index (χ3v) is 12.0. The second-order valence-corrected chi connectivity index (χ2v) is 16.5. The molecule has 0 aliphatic heterocycles. The Balaban J connectivity index is 1.04. The monoisotopic (exact) mass is 816 g/mol. The molecule has 0 bridgehead atoms. The molecule has 2 saturated carbocycles. The Kier molecular flexibility index (Phi) is 12.9. The summed E-state index contributed by atoms with van der Waals surface area (Å²) in [7, 11) is 2.57. The number of imidazole rings is 2. The zero-order chi connectivity index (χ0) is 42.5. The maximum Gasteiger partial charge on any atom is 0.425 e. The molecule has 4 atom stereocenters. The van der Waals surface area contributed by atoms with Crippen LogP contribution >= 0.6 is 0 Å². The molecule has 2 heterocycles. The van der Waals surface area contributed by atoms with Crippen molar-refractivity contribution < 1.29 is 28.7 Å². The van der Waals surface area contributed by atoms with Crippen LogP contribution in [0.1, 0.15) is 103 Å². The van der Waals surface area contributed by atoms with Crippen molar-refractivity contribution in [1.29, 1.82) is 0 Å². The van der Waals surface area contributed by atoms with Crippen LogP contribution in [0.2, 0.25) is 0 Å². The summed E-state index contributed by atoms with van der Waals surface area (Å²) >= 11 is 0. The number of methoxy groups -OCH3 is 2. The molecule has 4 amide bonds. The molecule has 3 aromatic carbocycles. The molecule has 2 aliphatic carbocycles. The number of nitrogens with one attached hydrogen (secondary N) is 4. The second kappa shape index (κ2) is 18.4. The van der Waals surface area contributed by atoms with Gasteiger partial charge in [0.1, 0.15) is 11.6 Å². The average Bonchev–Trinajstić information content (AvgIpc) is 3.98. The molecule has 0 spiro atoms. The van der Waals surface area contributed by atoms with Crippen LogP contribution in [0.15, 0.2) is 73.1 Å². The molecule has 1 unspecified atom stereocenters. The number of hydrogen-bond acceptors (Lipinski definition) is 8. The van der Waals surface area contributed by atoms with Gasteiger partial charge >= 0.3 is 12.2 Å². The summed E-state index contributed by atoms with van der Waals surface area (Å²) in [6.45, 7) is 7.46. The average molecular weight is 817 g/mol. The van der Waals surface area contributed by atoms with E-state index in [9.17, 15) is 19.2 Å². The Morgan fingerprint density at radius 3 is 1.45 bits per heavy atom. The standard InChI is InChI=1S/C46H56N8O6/c1-27(2)53(51-45(57)59-5)43(55)37-13-9-7-11-35(37)41-47-25-39(49-41)30-17-15-29(16-18-30)31-19-20-33-24-34(22-21-32(33)23-31)40-26-48-42(50-40)36-12-8-10-14-38(36)44(56)54(28(3)4)52-46(58)60-6/h15-28,35-38H,7-14H2,1-6H3,(H,47,49)(H,48,50)(H,51,57)(H,52,58)/t35-,36?,37+,38-/m1/s1. The summed E-state index contributed by atoms with van der Waals surface area (Å²) in [5.74, 6) is 0.495. The highest BCUT2D eigenvalue weighted by atomic mass is 16.5. The first-order valence-electron chi connectivity index (χ1n) is 21.1. The molecule has 14 nitrogen and oxygen atoms in total. The molecule has 2 aromatic heterocycles. The number of carbonyl (C=O) groups excluding carboxylic acids is 4. The quantitative estimate of drug-likeness (QED) is 0.107. The van der Waals surface area contributed by atoms with E-state index in [4.69, 9.17) is 19.4 Å². The number of carbonyl (C=O) groups is 4. The van der Waals surface area contributed by atoms with Crippen molar-refractivity contribution in [2.24, 2.45) is 11.8 Å². The highest BCUT2D eigenvalue weighted by Crippen LogP contribution is 2.40. The fraction of sp³-hybridized carbons (Fsp3) is 0.435. The summed E-state index contributed by atoms with van der Waals surface area (Å²) in [6, 6.07) is 20.7. The number of aromatic nitrogens is 4. The third kappa shape index (κ3) is 9.02. The Hall–Kier alpha value is -6.18. The summed E-state index contributed by atoms with van der Waals surface area (Å²) in [5, 5.41) is 4.97. The largest absolute Gasteiger partial charge is 0.452 e. The Labute approximate surface area is 350 Å². The van der Waals surface area contributed by atoms with E-state index in [1.165, 1.54) is 24.2 Å². The van der Waals surface area contributed by atoms with E-state index < -0.39 is 12.2 Å². The number of nitrogens with zero attached hydrogens (tertiary/aromatic N) is 4. The minimum absolute atomic E-state index is 0.0902. The summed E-state index contributed by atoms with van der Waals surface area (Å²) in [4.78, 5) is 68.1. The molecule has 2 aliphatic rings. The van der Waals surface area contributed by atoms with E-state index >= 15 is 0 Å². The van der Waals surface area contributed by atoms with Gasteiger partial charge in [-0.25, -0.2) is 40.4 Å². The number of hydrazine groups is 2. The van der Waals surface area contributed by atoms with Gasteiger partial charge < -0.3 is 19.4 Å². The van der Waals surface area contributed by atoms with Gasteiger partial charge in [-0.3, -0.25) is 9.59 Å². The molecule has 2 fully saturated rings. The van der Waals surface area contributed by atoms with Crippen molar-refractivity contribution >= 4 is 34.8 Å². The van der Waals surface area contributed by atoms with Crippen molar-refractivity contribution in [2.45, 2.75) is 103 Å². The number of ether oxygens (including phenoxy) is 2. The van der Waals surface area contributed by atoms with Crippen LogP contribution in [0.4, 0.5) is 9.59 Å². The first-order chi connectivity index (χ1) is 28.9. The molecular formula is C46H56N8O6. The maximum atomic E-state index is 13.7. The van der Waals surface area contributed by atoms with Crippen LogP contribution in [-0.2, 0) is 19.1 Å². The zero-order valence-electron chi connectivity index (χ0n) is 35.3. The van der Waals surface area contributed by atoms with Crippen molar-refractivity contribution in [3.8, 4) is 33.6 Å². The van der Waals surface area contributed by atoms with Crippen LogP contribution in [-0.4, -0.2) is 80.3 Å². The Morgan fingerprint density at radius 1 is 0.583 bits per heavy atom. The molecule has 7 rings (SSSR count). The highest BCUT2D eigenvalue weighted by molar-refractivity contribution is 5.91. The van der Waals surface area contributed by atoms with E-state index in [1.54, 1.807) is 0 Å². The number of rotatable bonds is 9. The smallest absolute Gasteiger partial charge is 0.425 e. The Bertz CT molecular complexity index is 2320. The summed E-state index contributed by atoms with van der Waals surface area (Å²) in [6.07, 6.45) is 9.34. The van der Waals surface area contributed by atoms with Gasteiger partial charge in [0.25, 0.3) is 0 Å². The van der Waals surface area contributed by atoms with E-state index in [2.05, 4.69) is 81.5 Å². The number of benzene rings is 3. The summed E-state index contributed by atoms with van der Waals surface area (Å²) in [5.41, 5.74) is 11.1. The number of H-pyrrole nitrogens is 2.